The quantitative estimate of drug-likeness (QED) is 0.773. The van der Waals surface area contributed by atoms with Crippen LogP contribution >= 0.6 is 0 Å². The van der Waals surface area contributed by atoms with Crippen LogP contribution in [-0.2, 0) is 0 Å². The van der Waals surface area contributed by atoms with Crippen LogP contribution in [0.3, 0.4) is 0 Å². The molecule has 0 saturated heterocycles. The summed E-state index contributed by atoms with van der Waals surface area (Å²) in [7, 11) is 0. The SMILES string of the molecule is Cc1ccc(C2=NNC(c3ccccc3)N2c2ccccc2)cc1. The lowest BCUT2D eigenvalue weighted by Gasteiger charge is -2.27. The zero-order valence-corrected chi connectivity index (χ0v) is 13.6. The monoisotopic (exact) mass is 313 g/mol. The molecule has 0 fully saturated rings. The first kappa shape index (κ1) is 14.5. The molecule has 118 valence electrons. The lowest BCUT2D eigenvalue weighted by atomic mass is 10.1. The van der Waals surface area contributed by atoms with Crippen LogP contribution in [0.4, 0.5) is 5.69 Å². The first-order valence-corrected chi connectivity index (χ1v) is 8.12. The number of hydrogen-bond donors (Lipinski definition) is 1. The fourth-order valence-electron chi connectivity index (χ4n) is 2.98. The van der Waals surface area contributed by atoms with Crippen molar-refractivity contribution in [1.82, 2.24) is 5.43 Å². The van der Waals surface area contributed by atoms with E-state index in [1.807, 2.05) is 12.1 Å². The Balaban J connectivity index is 1.78. The summed E-state index contributed by atoms with van der Waals surface area (Å²) in [4.78, 5) is 2.25. The second-order valence-electron chi connectivity index (χ2n) is 5.95. The number of nitrogens with one attached hydrogen (secondary N) is 1. The molecule has 1 aliphatic heterocycles. The molecule has 1 unspecified atom stereocenters. The lowest BCUT2D eigenvalue weighted by molar-refractivity contribution is 0.617. The van der Waals surface area contributed by atoms with Gasteiger partial charge in [-0.15, -0.1) is 0 Å². The van der Waals surface area contributed by atoms with Crippen molar-refractivity contribution in [3.05, 3.63) is 102 Å². The molecule has 0 bridgehead atoms. The van der Waals surface area contributed by atoms with Gasteiger partial charge >= 0.3 is 0 Å². The van der Waals surface area contributed by atoms with Crippen molar-refractivity contribution < 1.29 is 0 Å². The number of nitrogens with zero attached hydrogens (tertiary/aromatic N) is 2. The largest absolute Gasteiger partial charge is 0.298 e. The number of anilines is 1. The first-order valence-electron chi connectivity index (χ1n) is 8.12. The van der Waals surface area contributed by atoms with Crippen molar-refractivity contribution in [1.29, 1.82) is 0 Å². The molecule has 3 heteroatoms. The normalized spacial score (nSPS) is 16.6. The molecule has 1 atom stereocenters. The standard InChI is InChI=1S/C21H19N3/c1-16-12-14-18(15-13-16)21-23-22-20(17-8-4-2-5-9-17)24(21)19-10-6-3-7-11-19/h2-15,20,22H,1H3. The Labute approximate surface area is 142 Å². The second kappa shape index (κ2) is 6.20. The Hall–Kier alpha value is -3.07. The summed E-state index contributed by atoms with van der Waals surface area (Å²) in [5.41, 5.74) is 7.96. The number of hydrogen-bond acceptors (Lipinski definition) is 3. The average Bonchev–Trinajstić information content (AvgIpc) is 3.09. The van der Waals surface area contributed by atoms with Crippen LogP contribution in [0.15, 0.2) is 90.0 Å². The second-order valence-corrected chi connectivity index (χ2v) is 5.95. The minimum atomic E-state index is -0.00935. The van der Waals surface area contributed by atoms with Crippen LogP contribution in [0.1, 0.15) is 22.9 Å². The van der Waals surface area contributed by atoms with Crippen molar-refractivity contribution in [2.24, 2.45) is 5.10 Å². The molecule has 0 aromatic heterocycles. The van der Waals surface area contributed by atoms with Gasteiger partial charge in [-0.25, -0.2) is 0 Å². The van der Waals surface area contributed by atoms with E-state index in [2.05, 4.69) is 95.1 Å². The third-order valence-electron chi connectivity index (χ3n) is 4.24. The van der Waals surface area contributed by atoms with Crippen LogP contribution in [0.25, 0.3) is 0 Å². The van der Waals surface area contributed by atoms with E-state index >= 15 is 0 Å². The van der Waals surface area contributed by atoms with Crippen molar-refractivity contribution in [2.45, 2.75) is 13.1 Å². The van der Waals surface area contributed by atoms with E-state index in [1.54, 1.807) is 0 Å². The maximum absolute atomic E-state index is 4.64. The fraction of sp³-hybridized carbons (Fsp3) is 0.0952. The summed E-state index contributed by atoms with van der Waals surface area (Å²) in [6.07, 6.45) is -0.00935. The fourth-order valence-corrected chi connectivity index (χ4v) is 2.98. The highest BCUT2D eigenvalue weighted by Crippen LogP contribution is 2.31. The Morgan fingerprint density at radius 3 is 2.08 bits per heavy atom. The summed E-state index contributed by atoms with van der Waals surface area (Å²) in [5, 5.41) is 4.64. The van der Waals surface area contributed by atoms with Gasteiger partial charge in [0.1, 0.15) is 6.17 Å². The van der Waals surface area contributed by atoms with Gasteiger partial charge in [0.05, 0.1) is 0 Å². The summed E-state index contributed by atoms with van der Waals surface area (Å²) in [6.45, 7) is 2.10. The van der Waals surface area contributed by atoms with Gasteiger partial charge in [-0.2, -0.15) is 5.10 Å². The molecule has 3 aromatic rings. The topological polar surface area (TPSA) is 27.6 Å². The molecule has 1 N–H and O–H groups in total. The number of para-hydroxylation sites is 1. The molecule has 0 aliphatic carbocycles. The van der Waals surface area contributed by atoms with E-state index in [4.69, 9.17) is 0 Å². The van der Waals surface area contributed by atoms with Gasteiger partial charge in [0, 0.05) is 11.3 Å². The van der Waals surface area contributed by atoms with Crippen LogP contribution < -0.4 is 10.3 Å². The van der Waals surface area contributed by atoms with E-state index in [9.17, 15) is 0 Å². The zero-order chi connectivity index (χ0) is 16.4. The van der Waals surface area contributed by atoms with Gasteiger partial charge < -0.3 is 0 Å². The first-order chi connectivity index (χ1) is 11.8. The van der Waals surface area contributed by atoms with Crippen molar-refractivity contribution in [2.75, 3.05) is 4.90 Å². The molecule has 0 radical (unpaired) electrons. The van der Waals surface area contributed by atoms with E-state index < -0.39 is 0 Å². The molecule has 0 spiro atoms. The molecular formula is C21H19N3. The van der Waals surface area contributed by atoms with Crippen LogP contribution in [0.2, 0.25) is 0 Å². The number of aryl methyl sites for hydroxylation is 1. The highest BCUT2D eigenvalue weighted by Gasteiger charge is 2.30. The predicted molar refractivity (Wildman–Crippen MR) is 99.0 cm³/mol. The summed E-state index contributed by atoms with van der Waals surface area (Å²) in [5.74, 6) is 0.940. The third-order valence-corrected chi connectivity index (χ3v) is 4.24. The van der Waals surface area contributed by atoms with E-state index in [0.29, 0.717) is 0 Å². The van der Waals surface area contributed by atoms with Gasteiger partial charge in [0.15, 0.2) is 5.84 Å². The van der Waals surface area contributed by atoms with Gasteiger partial charge in [0.2, 0.25) is 0 Å². The van der Waals surface area contributed by atoms with E-state index in [0.717, 1.165) is 17.1 Å². The highest BCUT2D eigenvalue weighted by atomic mass is 15.5. The van der Waals surface area contributed by atoms with Crippen LogP contribution in [0, 0.1) is 6.92 Å². The minimum Gasteiger partial charge on any atom is -0.298 e. The van der Waals surface area contributed by atoms with Crippen LogP contribution in [-0.4, -0.2) is 5.84 Å². The third kappa shape index (κ3) is 2.65. The molecule has 0 saturated carbocycles. The van der Waals surface area contributed by atoms with E-state index in [-0.39, 0.29) is 6.17 Å². The molecule has 1 aliphatic rings. The zero-order valence-electron chi connectivity index (χ0n) is 13.6. The molecular weight excluding hydrogens is 294 g/mol. The van der Waals surface area contributed by atoms with Crippen LogP contribution in [0.5, 0.6) is 0 Å². The van der Waals surface area contributed by atoms with E-state index in [1.165, 1.54) is 11.1 Å². The molecule has 0 amide bonds. The van der Waals surface area contributed by atoms with Crippen molar-refractivity contribution >= 4 is 11.5 Å². The predicted octanol–water partition coefficient (Wildman–Crippen LogP) is 4.47. The Morgan fingerprint density at radius 2 is 1.42 bits per heavy atom. The number of rotatable bonds is 3. The smallest absolute Gasteiger partial charge is 0.162 e. The van der Waals surface area contributed by atoms with Gasteiger partial charge in [-0.3, -0.25) is 10.3 Å². The Bertz CT molecular complexity index is 839. The van der Waals surface area contributed by atoms with Crippen molar-refractivity contribution in [3.63, 3.8) is 0 Å². The Kier molecular flexibility index (Phi) is 3.75. The van der Waals surface area contributed by atoms with Gasteiger partial charge in [0.25, 0.3) is 0 Å². The molecule has 24 heavy (non-hydrogen) atoms. The highest BCUT2D eigenvalue weighted by molar-refractivity contribution is 6.11. The molecule has 3 nitrogen and oxygen atoms in total. The molecule has 3 aromatic carbocycles. The van der Waals surface area contributed by atoms with Gasteiger partial charge in [-0.1, -0.05) is 78.4 Å². The minimum absolute atomic E-state index is 0.00935. The Morgan fingerprint density at radius 1 is 0.792 bits per heavy atom. The summed E-state index contributed by atoms with van der Waals surface area (Å²) >= 11 is 0. The summed E-state index contributed by atoms with van der Waals surface area (Å²) < 4.78 is 0. The summed E-state index contributed by atoms with van der Waals surface area (Å²) in [6, 6.07) is 29.3. The molecule has 1 heterocycles. The number of hydrazone groups is 1. The lowest BCUT2D eigenvalue weighted by Crippen LogP contribution is -2.33. The maximum Gasteiger partial charge on any atom is 0.162 e. The maximum atomic E-state index is 4.64. The average molecular weight is 313 g/mol. The number of benzene rings is 3. The van der Waals surface area contributed by atoms with Gasteiger partial charge in [-0.05, 0) is 24.6 Å². The number of amidine groups is 1. The molecule has 4 rings (SSSR count). The van der Waals surface area contributed by atoms with Crippen molar-refractivity contribution in [3.8, 4) is 0 Å².